The molecule has 96 heavy (non-hydrogen) atoms. The maximum absolute atomic E-state index is 12.9. The number of likely N-dealkylation sites (N-methyl/N-ethyl adjacent to an activating group) is 1. The third-order valence-electron chi connectivity index (χ3n) is 14.4. The first-order chi connectivity index (χ1) is 47.0. The average Bonchev–Trinajstić information content (AvgIpc) is 2.72. The number of allylic oxidation sites excluding steroid dienone is 40. The summed E-state index contributed by atoms with van der Waals surface area (Å²) in [5.74, 6) is -0.870. The first-order valence-corrected chi connectivity index (χ1v) is 38.3. The highest BCUT2D eigenvalue weighted by Crippen LogP contribution is 2.43. The van der Waals surface area contributed by atoms with Gasteiger partial charge in [0.05, 0.1) is 27.7 Å². The zero-order valence-corrected chi connectivity index (χ0v) is 61.6. The number of carbonyl (C=O) groups excluding carboxylic acids is 2. The van der Waals surface area contributed by atoms with Crippen LogP contribution in [0.1, 0.15) is 232 Å². The predicted molar refractivity (Wildman–Crippen MR) is 417 cm³/mol. The van der Waals surface area contributed by atoms with E-state index in [-0.39, 0.29) is 26.1 Å². The monoisotopic (exact) mass is 1340 g/mol. The highest BCUT2D eigenvalue weighted by Gasteiger charge is 2.27. The topological polar surface area (TPSA) is 108 Å². The number of hydrogen-bond donors (Lipinski definition) is 1. The minimum Gasteiger partial charge on any atom is -0.462 e. The van der Waals surface area contributed by atoms with Gasteiger partial charge in [-0.25, -0.2) is 4.57 Å². The van der Waals surface area contributed by atoms with Crippen LogP contribution in [0.4, 0.5) is 0 Å². The Morgan fingerprint density at radius 1 is 0.323 bits per heavy atom. The van der Waals surface area contributed by atoms with Gasteiger partial charge in [0.1, 0.15) is 19.8 Å². The summed E-state index contributed by atoms with van der Waals surface area (Å²) in [6.07, 6.45) is 120. The van der Waals surface area contributed by atoms with Crippen molar-refractivity contribution in [2.24, 2.45) is 0 Å². The van der Waals surface area contributed by atoms with Gasteiger partial charge in [-0.2, -0.15) is 0 Å². The fourth-order valence-electron chi connectivity index (χ4n) is 8.83. The molecule has 0 radical (unpaired) electrons. The Balaban J connectivity index is 4.25. The van der Waals surface area contributed by atoms with Gasteiger partial charge in [0, 0.05) is 12.8 Å². The highest BCUT2D eigenvalue weighted by molar-refractivity contribution is 7.47. The number of esters is 2. The van der Waals surface area contributed by atoms with Crippen molar-refractivity contribution >= 4 is 19.8 Å². The number of carbonyl (C=O) groups is 2. The fraction of sp³-hybridized carbons (Fsp3) is 0.512. The van der Waals surface area contributed by atoms with Crippen molar-refractivity contribution in [3.63, 3.8) is 0 Å². The summed E-state index contributed by atoms with van der Waals surface area (Å²) in [5, 5.41) is 0. The smallest absolute Gasteiger partial charge is 0.462 e. The van der Waals surface area contributed by atoms with Crippen LogP contribution >= 0.6 is 7.82 Å². The van der Waals surface area contributed by atoms with E-state index in [1.807, 2.05) is 21.1 Å². The summed E-state index contributed by atoms with van der Waals surface area (Å²) < 4.78 is 34.7. The average molecular weight is 1340 g/mol. The SMILES string of the molecule is CC/C=C\C/C=C\C/C=C\C/C=C\C/C=C\C/C=C\C/C=C\C/C=C\C/C=C\C/C=C\C/C=C\CCCCCC(=O)OC(COC(=O)CCCCCCCCC/C=C\C/C=C\C/C=C\C/C=C\C/C=C\C/C=C\C/C=C\C/C=C\C/C=C\CC)COP(=O)(O)OCC[N+](C)(C)C. The molecule has 9 nitrogen and oxygen atoms in total. The molecule has 0 spiro atoms. The van der Waals surface area contributed by atoms with Crippen LogP contribution in [-0.4, -0.2) is 74.9 Å². The Hall–Kier alpha value is -6.19. The lowest BCUT2D eigenvalue weighted by molar-refractivity contribution is -0.870. The van der Waals surface area contributed by atoms with Crippen molar-refractivity contribution in [2.75, 3.05) is 47.5 Å². The Morgan fingerprint density at radius 3 is 0.844 bits per heavy atom. The molecule has 0 saturated heterocycles. The van der Waals surface area contributed by atoms with E-state index in [4.69, 9.17) is 18.5 Å². The fourth-order valence-corrected chi connectivity index (χ4v) is 9.58. The normalized spacial score (nSPS) is 14.5. The van der Waals surface area contributed by atoms with Crippen LogP contribution < -0.4 is 0 Å². The third kappa shape index (κ3) is 76.8. The second-order valence-electron chi connectivity index (χ2n) is 24.5. The maximum Gasteiger partial charge on any atom is 0.472 e. The molecule has 10 heteroatoms. The number of hydrogen-bond acceptors (Lipinski definition) is 7. The summed E-state index contributed by atoms with van der Waals surface area (Å²) in [7, 11) is 1.41. The van der Waals surface area contributed by atoms with Crippen LogP contribution in [0, 0.1) is 0 Å². The van der Waals surface area contributed by atoms with Crippen molar-refractivity contribution in [2.45, 2.75) is 238 Å². The number of unbranched alkanes of at least 4 members (excludes halogenated alkanes) is 10. The van der Waals surface area contributed by atoms with Gasteiger partial charge < -0.3 is 18.9 Å². The van der Waals surface area contributed by atoms with E-state index in [9.17, 15) is 19.0 Å². The molecule has 0 bridgehead atoms. The molecule has 0 saturated carbocycles. The van der Waals surface area contributed by atoms with Crippen molar-refractivity contribution in [3.05, 3.63) is 243 Å². The molecule has 0 amide bonds. The molecular weight excluding hydrogens is 1210 g/mol. The Bertz CT molecular complexity index is 2520. The zero-order chi connectivity index (χ0) is 69.7. The number of phosphoric ester groups is 1. The highest BCUT2D eigenvalue weighted by atomic mass is 31.2. The Kier molecular flexibility index (Phi) is 68.4. The second kappa shape index (κ2) is 73.1. The summed E-state index contributed by atoms with van der Waals surface area (Å²) in [4.78, 5) is 35.9. The standard InChI is InChI=1S/C86H132NO8P/c1-6-8-10-12-14-16-18-20-22-24-26-28-30-32-34-36-38-40-42-43-45-47-49-51-53-55-57-59-61-63-65-67-69-71-73-75-77-79-86(89)95-84(83-94-96(90,91)93-81-80-87(3,4)5)82-92-85(88)78-76-74-72-70-68-66-64-62-60-58-56-54-52-50-48-46-44-41-39-37-35-33-31-29-27-25-23-21-19-17-15-13-11-9-7-2/h8-11,14-17,20-23,26-29,32-35,38-41,43,45-46,48-49,51-52,54-55,57-58,60-61,63,67,69,84H,6-7,12-13,18-19,24-25,30-31,36-37,42,44,47,50,53,56,59,62,64-66,68,70-83H2,1-5H3/p+1/b10-8-,11-9-,16-14-,17-15-,22-20-,23-21-,28-26-,29-27-,34-32-,35-33-,40-38-,41-39-,45-43-,48-46-,51-49-,54-52-,57-55-,60-58-,63-61-,69-67-. The van der Waals surface area contributed by atoms with Gasteiger partial charge in [0.2, 0.25) is 0 Å². The lowest BCUT2D eigenvalue weighted by Gasteiger charge is -2.24. The minimum absolute atomic E-state index is 0.00854. The van der Waals surface area contributed by atoms with Crippen molar-refractivity contribution in [3.8, 4) is 0 Å². The van der Waals surface area contributed by atoms with E-state index in [1.165, 1.54) is 19.3 Å². The molecule has 1 N–H and O–H groups in total. The van der Waals surface area contributed by atoms with Gasteiger partial charge in [-0.3, -0.25) is 18.6 Å². The largest absolute Gasteiger partial charge is 0.472 e. The van der Waals surface area contributed by atoms with Crippen LogP contribution in [0.15, 0.2) is 243 Å². The molecule has 0 aromatic carbocycles. The first-order valence-electron chi connectivity index (χ1n) is 36.8. The van der Waals surface area contributed by atoms with Crippen LogP contribution in [0.3, 0.4) is 0 Å². The summed E-state index contributed by atoms with van der Waals surface area (Å²) in [6.45, 7) is 4.11. The van der Waals surface area contributed by atoms with E-state index in [0.29, 0.717) is 23.9 Å². The Labute approximate surface area is 587 Å². The van der Waals surface area contributed by atoms with Crippen LogP contribution in [0.2, 0.25) is 0 Å². The molecule has 2 unspecified atom stereocenters. The van der Waals surface area contributed by atoms with Crippen LogP contribution in [0.25, 0.3) is 0 Å². The molecule has 0 aromatic rings. The van der Waals surface area contributed by atoms with Gasteiger partial charge in [-0.05, 0) is 167 Å². The first kappa shape index (κ1) is 89.8. The Morgan fingerprint density at radius 2 is 0.562 bits per heavy atom. The van der Waals surface area contributed by atoms with Crippen molar-refractivity contribution < 1.29 is 42.1 Å². The number of quaternary nitrogens is 1. The van der Waals surface area contributed by atoms with Gasteiger partial charge in [-0.15, -0.1) is 0 Å². The van der Waals surface area contributed by atoms with Crippen molar-refractivity contribution in [1.82, 2.24) is 0 Å². The van der Waals surface area contributed by atoms with Gasteiger partial charge in [0.15, 0.2) is 6.10 Å². The second-order valence-corrected chi connectivity index (χ2v) is 26.0. The zero-order valence-electron chi connectivity index (χ0n) is 60.7. The van der Waals surface area contributed by atoms with E-state index in [1.54, 1.807) is 0 Å². The van der Waals surface area contributed by atoms with E-state index in [0.717, 1.165) is 173 Å². The third-order valence-corrected chi connectivity index (χ3v) is 15.4. The minimum atomic E-state index is -4.43. The van der Waals surface area contributed by atoms with E-state index in [2.05, 4.69) is 257 Å². The molecule has 534 valence electrons. The summed E-state index contributed by atoms with van der Waals surface area (Å²) >= 11 is 0. The van der Waals surface area contributed by atoms with Crippen LogP contribution in [0.5, 0.6) is 0 Å². The molecule has 0 aliphatic carbocycles. The molecule has 0 heterocycles. The van der Waals surface area contributed by atoms with E-state index < -0.39 is 32.5 Å². The number of nitrogens with zero attached hydrogens (tertiary/aromatic N) is 1. The van der Waals surface area contributed by atoms with E-state index >= 15 is 0 Å². The molecule has 0 fully saturated rings. The van der Waals surface area contributed by atoms with Crippen LogP contribution in [-0.2, 0) is 32.7 Å². The predicted octanol–water partition coefficient (Wildman–Crippen LogP) is 24.7. The summed E-state index contributed by atoms with van der Waals surface area (Å²) in [6, 6.07) is 0. The number of rotatable bonds is 64. The number of phosphoric acid groups is 1. The van der Waals surface area contributed by atoms with Gasteiger partial charge >= 0.3 is 19.8 Å². The molecular formula is C86H133NO8P+. The maximum atomic E-state index is 12.9. The summed E-state index contributed by atoms with van der Waals surface area (Å²) in [5.41, 5.74) is 0. The molecule has 2 atom stereocenters. The van der Waals surface area contributed by atoms with Crippen molar-refractivity contribution in [1.29, 1.82) is 0 Å². The van der Waals surface area contributed by atoms with Gasteiger partial charge in [-0.1, -0.05) is 295 Å². The number of ether oxygens (including phenoxy) is 2. The molecule has 0 aliphatic heterocycles. The lowest BCUT2D eigenvalue weighted by Crippen LogP contribution is -2.37. The lowest BCUT2D eigenvalue weighted by atomic mass is 10.1. The molecule has 0 rings (SSSR count). The quantitative estimate of drug-likeness (QED) is 0.0211. The van der Waals surface area contributed by atoms with Gasteiger partial charge in [0.25, 0.3) is 0 Å². The molecule has 0 aromatic heterocycles. The molecule has 0 aliphatic rings.